The van der Waals surface area contributed by atoms with E-state index in [1.165, 1.54) is 11.2 Å². The van der Waals surface area contributed by atoms with Gasteiger partial charge in [-0.3, -0.25) is 14.4 Å². The number of ketones is 2. The summed E-state index contributed by atoms with van der Waals surface area (Å²) in [4.78, 5) is 40.8. The molecule has 3 aliphatic heterocycles. The number of nitrogens with zero attached hydrogens (tertiary/aromatic N) is 1. The van der Waals surface area contributed by atoms with Crippen molar-refractivity contribution in [3.63, 3.8) is 0 Å². The van der Waals surface area contributed by atoms with Gasteiger partial charge in [0, 0.05) is 25.1 Å². The van der Waals surface area contributed by atoms with Crippen molar-refractivity contribution in [3.05, 3.63) is 53.5 Å². The molecule has 30 heavy (non-hydrogen) atoms. The molecule has 1 aromatic carbocycles. The number of furan rings is 1. The molecule has 7 heteroatoms. The third-order valence-electron chi connectivity index (χ3n) is 6.13. The first kappa shape index (κ1) is 19.1. The fourth-order valence-electron chi connectivity index (χ4n) is 4.72. The van der Waals surface area contributed by atoms with Crippen LogP contribution >= 0.6 is 0 Å². The van der Waals surface area contributed by atoms with Crippen LogP contribution in [0.2, 0.25) is 0 Å². The minimum absolute atomic E-state index is 0.0535. The van der Waals surface area contributed by atoms with Gasteiger partial charge in [-0.25, -0.2) is 0 Å². The van der Waals surface area contributed by atoms with E-state index in [0.29, 0.717) is 24.4 Å². The van der Waals surface area contributed by atoms with E-state index in [1.807, 2.05) is 6.92 Å². The van der Waals surface area contributed by atoms with Crippen LogP contribution in [0.15, 0.2) is 41.0 Å². The lowest BCUT2D eigenvalue weighted by molar-refractivity contribution is -0.141. The van der Waals surface area contributed by atoms with Gasteiger partial charge in [0.2, 0.25) is 5.78 Å². The lowest BCUT2D eigenvalue weighted by Crippen LogP contribution is -2.36. The molecule has 1 amide bonds. The number of hydrogen-bond donors (Lipinski definition) is 0. The van der Waals surface area contributed by atoms with Crippen molar-refractivity contribution in [2.75, 3.05) is 13.2 Å². The third-order valence-corrected chi connectivity index (χ3v) is 6.13. The summed E-state index contributed by atoms with van der Waals surface area (Å²) in [6, 6.07) is 7.85. The molecule has 0 saturated carbocycles. The predicted octanol–water partition coefficient (Wildman–Crippen LogP) is 2.73. The number of hydrogen-bond acceptors (Lipinski definition) is 6. The molecule has 0 bridgehead atoms. The molecular formula is C23H23NO6. The zero-order valence-electron chi connectivity index (χ0n) is 16.7. The molecule has 2 saturated heterocycles. The predicted molar refractivity (Wildman–Crippen MR) is 105 cm³/mol. The quantitative estimate of drug-likeness (QED) is 0.429. The number of carbonyl (C=O) groups is 3. The smallest absolute Gasteiger partial charge is 0.291 e. The molecule has 156 valence electrons. The van der Waals surface area contributed by atoms with Gasteiger partial charge in [0.05, 0.1) is 12.4 Å². The highest BCUT2D eigenvalue weighted by atomic mass is 16.5. The number of carbonyl (C=O) groups excluding carboxylic acids is 3. The van der Waals surface area contributed by atoms with Crippen molar-refractivity contribution in [3.8, 4) is 5.75 Å². The fourth-order valence-corrected chi connectivity index (χ4v) is 4.72. The van der Waals surface area contributed by atoms with Crippen LogP contribution in [-0.4, -0.2) is 47.7 Å². The van der Waals surface area contributed by atoms with Gasteiger partial charge in [0.25, 0.3) is 5.91 Å². The zero-order chi connectivity index (χ0) is 20.8. The van der Waals surface area contributed by atoms with E-state index in [4.69, 9.17) is 13.9 Å². The van der Waals surface area contributed by atoms with Gasteiger partial charge in [0.15, 0.2) is 5.78 Å². The Morgan fingerprint density at radius 2 is 2.10 bits per heavy atom. The van der Waals surface area contributed by atoms with Crippen molar-refractivity contribution in [1.82, 2.24) is 4.90 Å². The molecule has 2 aromatic rings. The van der Waals surface area contributed by atoms with Gasteiger partial charge in [-0.15, -0.1) is 0 Å². The molecule has 0 N–H and O–H groups in total. The summed E-state index contributed by atoms with van der Waals surface area (Å²) in [5.74, 6) is -1.65. The summed E-state index contributed by atoms with van der Waals surface area (Å²) in [6.45, 7) is 2.88. The van der Waals surface area contributed by atoms with E-state index >= 15 is 0 Å². The summed E-state index contributed by atoms with van der Waals surface area (Å²) in [6.07, 6.45) is 3.86. The number of amides is 1. The first-order valence-corrected chi connectivity index (χ1v) is 10.4. The molecular weight excluding hydrogens is 386 g/mol. The first-order valence-electron chi connectivity index (χ1n) is 10.4. The second-order valence-electron chi connectivity index (χ2n) is 8.21. The Morgan fingerprint density at radius 3 is 2.83 bits per heavy atom. The Hall–Kier alpha value is -2.93. The number of Topliss-reactive ketones (excluding diaryl/α,β-unsaturated/α-hetero) is 2. The highest BCUT2D eigenvalue weighted by Gasteiger charge is 2.53. The Labute approximate surface area is 173 Å². The topological polar surface area (TPSA) is 86.1 Å². The summed E-state index contributed by atoms with van der Waals surface area (Å²) in [5, 5.41) is 0. The number of rotatable bonds is 5. The van der Waals surface area contributed by atoms with Gasteiger partial charge in [-0.1, -0.05) is 0 Å². The molecule has 0 aliphatic carbocycles. The fraction of sp³-hybridized carbons (Fsp3) is 0.435. The number of benzene rings is 1. The van der Waals surface area contributed by atoms with Crippen LogP contribution in [0.4, 0.5) is 0 Å². The van der Waals surface area contributed by atoms with Crippen LogP contribution in [0.3, 0.4) is 0 Å². The van der Waals surface area contributed by atoms with Gasteiger partial charge < -0.3 is 18.8 Å². The van der Waals surface area contributed by atoms with Crippen LogP contribution in [0.5, 0.6) is 5.75 Å². The maximum absolute atomic E-state index is 13.5. The van der Waals surface area contributed by atoms with Crippen LogP contribution in [-0.2, 0) is 20.7 Å². The Balaban J connectivity index is 1.49. The Bertz CT molecular complexity index is 991. The minimum Gasteiger partial charge on any atom is -0.490 e. The molecule has 7 nitrogen and oxygen atoms in total. The van der Waals surface area contributed by atoms with E-state index in [-0.39, 0.29) is 24.5 Å². The maximum Gasteiger partial charge on any atom is 0.291 e. The molecule has 3 aliphatic rings. The van der Waals surface area contributed by atoms with Crippen LogP contribution in [0.25, 0.3) is 0 Å². The van der Waals surface area contributed by atoms with Crippen LogP contribution in [0.1, 0.15) is 47.5 Å². The Kier molecular flexibility index (Phi) is 4.70. The number of fused-ring (bicyclic) bond motifs is 1. The Morgan fingerprint density at radius 1 is 1.23 bits per heavy atom. The lowest BCUT2D eigenvalue weighted by atomic mass is 9.88. The van der Waals surface area contributed by atoms with Gasteiger partial charge in [0.1, 0.15) is 29.6 Å². The molecule has 0 radical (unpaired) electrons. The van der Waals surface area contributed by atoms with Crippen molar-refractivity contribution >= 4 is 17.5 Å². The standard InChI is InChI=1S/C23H23NO6/c1-13-10-15-11-14(6-7-17(15)30-13)21(25)19-20(18-5-3-9-29-18)24(23(27)22(19)26)12-16-4-2-8-28-16/h3,5-7,9,11,13,16,19-20H,2,4,8,10,12H2,1H3. The van der Waals surface area contributed by atoms with Crippen molar-refractivity contribution in [1.29, 1.82) is 0 Å². The molecule has 1 aromatic heterocycles. The summed E-state index contributed by atoms with van der Waals surface area (Å²) in [7, 11) is 0. The van der Waals surface area contributed by atoms with Crippen LogP contribution in [0, 0.1) is 5.92 Å². The van der Waals surface area contributed by atoms with E-state index in [9.17, 15) is 14.4 Å². The summed E-state index contributed by atoms with van der Waals surface area (Å²) < 4.78 is 16.9. The summed E-state index contributed by atoms with van der Waals surface area (Å²) in [5.41, 5.74) is 1.35. The van der Waals surface area contributed by atoms with Gasteiger partial charge in [-0.2, -0.15) is 0 Å². The van der Waals surface area contributed by atoms with Crippen molar-refractivity contribution in [2.45, 2.75) is 44.4 Å². The first-order chi connectivity index (χ1) is 14.5. The zero-order valence-corrected chi connectivity index (χ0v) is 16.7. The van der Waals surface area contributed by atoms with E-state index in [2.05, 4.69) is 0 Å². The van der Waals surface area contributed by atoms with Crippen molar-refractivity contribution < 1.29 is 28.3 Å². The highest BCUT2D eigenvalue weighted by molar-refractivity contribution is 6.44. The van der Waals surface area contributed by atoms with Gasteiger partial charge >= 0.3 is 0 Å². The highest BCUT2D eigenvalue weighted by Crippen LogP contribution is 2.40. The average molecular weight is 409 g/mol. The monoisotopic (exact) mass is 409 g/mol. The van der Waals surface area contributed by atoms with E-state index < -0.39 is 23.7 Å². The van der Waals surface area contributed by atoms with Gasteiger partial charge in [-0.05, 0) is 55.7 Å². The number of likely N-dealkylation sites (tertiary alicyclic amines) is 1. The minimum atomic E-state index is -1.14. The largest absolute Gasteiger partial charge is 0.490 e. The number of ether oxygens (including phenoxy) is 2. The average Bonchev–Trinajstić information content (AvgIpc) is 3.51. The molecule has 4 atom stereocenters. The molecule has 5 rings (SSSR count). The normalized spacial score (nSPS) is 28.1. The SMILES string of the molecule is CC1Cc2cc(C(=O)C3C(=O)C(=O)N(CC4CCCO4)C3c3ccco3)ccc2O1. The maximum atomic E-state index is 13.5. The van der Waals surface area contributed by atoms with Crippen molar-refractivity contribution in [2.24, 2.45) is 5.92 Å². The molecule has 0 spiro atoms. The molecule has 4 unspecified atom stereocenters. The lowest BCUT2D eigenvalue weighted by Gasteiger charge is -2.27. The van der Waals surface area contributed by atoms with E-state index in [1.54, 1.807) is 30.3 Å². The van der Waals surface area contributed by atoms with E-state index in [0.717, 1.165) is 24.2 Å². The summed E-state index contributed by atoms with van der Waals surface area (Å²) >= 11 is 0. The second kappa shape index (κ2) is 7.40. The van der Waals surface area contributed by atoms with Crippen LogP contribution < -0.4 is 4.74 Å². The molecule has 4 heterocycles. The third kappa shape index (κ3) is 3.13. The second-order valence-corrected chi connectivity index (χ2v) is 8.21. The molecule has 2 fully saturated rings.